The van der Waals surface area contributed by atoms with Crippen molar-refractivity contribution >= 4 is 75.7 Å². The average molecular weight is 772 g/mol. The van der Waals surface area contributed by atoms with E-state index in [1.165, 1.54) is 40.2 Å². The van der Waals surface area contributed by atoms with Crippen LogP contribution in [-0.4, -0.2) is 14.5 Å². The van der Waals surface area contributed by atoms with Gasteiger partial charge in [0.2, 0.25) is 0 Å². The molecule has 0 N–H and O–H groups in total. The van der Waals surface area contributed by atoms with E-state index in [2.05, 4.69) is 69.1 Å². The summed E-state index contributed by atoms with van der Waals surface area (Å²) in [5.41, 5.74) is 5.42. The number of nitrogens with zero attached hydrogens (tertiary/aromatic N) is 3. The largest absolute Gasteiger partial charge is 0.416 e. The lowest BCUT2D eigenvalue weighted by Crippen LogP contribution is -2.03. The molecule has 3 nitrogen and oxygen atoms in total. The maximum absolute atomic E-state index is 13.5. The first-order chi connectivity index (χ1) is 26.5. The van der Waals surface area contributed by atoms with E-state index in [9.17, 15) is 26.3 Å². The van der Waals surface area contributed by atoms with Gasteiger partial charge in [-0.1, -0.05) is 48.5 Å². The number of fused-ring (bicyclic) bond motifs is 6. The molecule has 0 radical (unpaired) electrons. The van der Waals surface area contributed by atoms with Gasteiger partial charge in [0.15, 0.2) is 0 Å². The van der Waals surface area contributed by atoms with Gasteiger partial charge in [0.05, 0.1) is 42.6 Å². The van der Waals surface area contributed by atoms with Gasteiger partial charge in [-0.05, 0) is 113 Å². The number of rotatable bonds is 4. The van der Waals surface area contributed by atoms with Crippen molar-refractivity contribution in [1.82, 2.24) is 14.5 Å². The van der Waals surface area contributed by atoms with E-state index < -0.39 is 23.5 Å². The van der Waals surface area contributed by atoms with Gasteiger partial charge >= 0.3 is 12.4 Å². The van der Waals surface area contributed by atoms with Gasteiger partial charge < -0.3 is 4.57 Å². The normalized spacial score (nSPS) is 12.5. The van der Waals surface area contributed by atoms with Gasteiger partial charge in [-0.2, -0.15) is 26.3 Å². The molecule has 3 aromatic heterocycles. The molecule has 3 heterocycles. The predicted molar refractivity (Wildman–Crippen MR) is 211 cm³/mol. The lowest BCUT2D eigenvalue weighted by molar-refractivity contribution is -0.138. The Morgan fingerprint density at radius 3 is 1.45 bits per heavy atom. The van der Waals surface area contributed by atoms with E-state index in [0.29, 0.717) is 19.4 Å². The quantitative estimate of drug-likeness (QED) is 0.167. The molecule has 0 aliphatic rings. The van der Waals surface area contributed by atoms with Crippen molar-refractivity contribution in [3.8, 4) is 38.0 Å². The van der Waals surface area contributed by atoms with Crippen LogP contribution in [0.4, 0.5) is 26.3 Å². The standard InChI is InChI=1S/C44H23F6N3S2/c45-43(46,47)30-11-17-39-35(22-30)51-41(54-39)28-9-15-37-33(20-28)34-21-29(42-52-36-23-31(44(48,49)50)12-18-40(36)55-42)10-16-38(34)53(37)32-13-7-25(8-14-32)27-6-5-24-3-1-2-4-26(24)19-27/h1-23H. The van der Waals surface area contributed by atoms with Gasteiger partial charge in [0.1, 0.15) is 10.0 Å². The number of thiazole rings is 2. The minimum atomic E-state index is -4.48. The van der Waals surface area contributed by atoms with Crippen LogP contribution in [0, 0.1) is 0 Å². The van der Waals surface area contributed by atoms with Gasteiger partial charge in [0.25, 0.3) is 0 Å². The molecule has 0 saturated heterocycles. The second-order valence-electron chi connectivity index (χ2n) is 13.3. The number of hydrogen-bond donors (Lipinski definition) is 0. The highest BCUT2D eigenvalue weighted by molar-refractivity contribution is 7.22. The van der Waals surface area contributed by atoms with Crippen LogP contribution < -0.4 is 0 Å². The Balaban J connectivity index is 1.12. The highest BCUT2D eigenvalue weighted by atomic mass is 32.1. The third kappa shape index (κ3) is 5.82. The topological polar surface area (TPSA) is 30.7 Å². The molecular formula is C44H23F6N3S2. The highest BCUT2D eigenvalue weighted by Gasteiger charge is 2.32. The molecule has 268 valence electrons. The fraction of sp³-hybridized carbons (Fsp3) is 0.0455. The molecule has 10 aromatic rings. The van der Waals surface area contributed by atoms with Crippen molar-refractivity contribution in [2.45, 2.75) is 12.4 Å². The average Bonchev–Trinajstić information content (AvgIpc) is 3.90. The summed E-state index contributed by atoms with van der Waals surface area (Å²) in [6.45, 7) is 0. The highest BCUT2D eigenvalue weighted by Crippen LogP contribution is 2.42. The zero-order valence-electron chi connectivity index (χ0n) is 28.2. The second kappa shape index (κ2) is 12.2. The summed E-state index contributed by atoms with van der Waals surface area (Å²) < 4.78 is 84.3. The van der Waals surface area contributed by atoms with Crippen molar-refractivity contribution < 1.29 is 26.3 Å². The lowest BCUT2D eigenvalue weighted by atomic mass is 10.0. The number of aromatic nitrogens is 3. The van der Waals surface area contributed by atoms with Crippen LogP contribution >= 0.6 is 22.7 Å². The number of alkyl halides is 6. The smallest absolute Gasteiger partial charge is 0.309 e. The van der Waals surface area contributed by atoms with Crippen molar-refractivity contribution in [3.05, 3.63) is 151 Å². The number of halogens is 6. The molecule has 0 atom stereocenters. The van der Waals surface area contributed by atoms with Gasteiger partial charge in [-0.3, -0.25) is 0 Å². The first-order valence-corrected chi connectivity index (χ1v) is 18.7. The van der Waals surface area contributed by atoms with Crippen LogP contribution in [0.3, 0.4) is 0 Å². The van der Waals surface area contributed by atoms with Crippen molar-refractivity contribution in [2.24, 2.45) is 0 Å². The minimum Gasteiger partial charge on any atom is -0.309 e. The number of hydrogen-bond acceptors (Lipinski definition) is 4. The molecule has 55 heavy (non-hydrogen) atoms. The fourth-order valence-electron chi connectivity index (χ4n) is 7.19. The molecule has 10 rings (SSSR count). The van der Waals surface area contributed by atoms with E-state index >= 15 is 0 Å². The summed E-state index contributed by atoms with van der Waals surface area (Å²) in [6, 6.07) is 42.0. The maximum Gasteiger partial charge on any atom is 0.416 e. The second-order valence-corrected chi connectivity index (χ2v) is 15.4. The van der Waals surface area contributed by atoms with Crippen LogP contribution in [0.2, 0.25) is 0 Å². The summed E-state index contributed by atoms with van der Waals surface area (Å²) in [6.07, 6.45) is -8.96. The zero-order chi connectivity index (χ0) is 37.6. The van der Waals surface area contributed by atoms with Crippen LogP contribution in [0.15, 0.2) is 140 Å². The van der Waals surface area contributed by atoms with Gasteiger partial charge in [0, 0.05) is 27.6 Å². The Bertz CT molecular complexity index is 2980. The third-order valence-corrected chi connectivity index (χ3v) is 12.1. The monoisotopic (exact) mass is 771 g/mol. The SMILES string of the molecule is FC(F)(F)c1ccc2sc(-c3ccc4c(c3)c3cc(-c5nc6cc(C(F)(F)F)ccc6s5)ccc3n4-c3ccc(-c4ccc5ccccc5c4)cc3)nc2c1. The third-order valence-electron chi connectivity index (χ3n) is 9.90. The molecule has 0 fully saturated rings. The Morgan fingerprint density at radius 1 is 0.436 bits per heavy atom. The van der Waals surface area contributed by atoms with Crippen molar-refractivity contribution in [1.29, 1.82) is 0 Å². The first kappa shape index (κ1) is 33.5. The molecule has 11 heteroatoms. The van der Waals surface area contributed by atoms with Crippen molar-refractivity contribution in [3.63, 3.8) is 0 Å². The maximum atomic E-state index is 13.5. The molecule has 7 aromatic carbocycles. The minimum absolute atomic E-state index is 0.274. The molecule has 0 bridgehead atoms. The summed E-state index contributed by atoms with van der Waals surface area (Å²) in [4.78, 5) is 9.21. The van der Waals surface area contributed by atoms with Crippen LogP contribution in [0.25, 0.3) is 91.0 Å². The van der Waals surface area contributed by atoms with E-state index in [0.717, 1.165) is 79.4 Å². The predicted octanol–water partition coefficient (Wildman–Crippen LogP) is 14.2. The summed E-state index contributed by atoms with van der Waals surface area (Å²) in [5.74, 6) is 0. The molecule has 0 spiro atoms. The van der Waals surface area contributed by atoms with Gasteiger partial charge in [-0.15, -0.1) is 22.7 Å². The number of benzene rings is 7. The Morgan fingerprint density at radius 2 is 0.927 bits per heavy atom. The molecule has 0 amide bonds. The van der Waals surface area contributed by atoms with Crippen LogP contribution in [-0.2, 0) is 12.4 Å². The van der Waals surface area contributed by atoms with E-state index in [4.69, 9.17) is 0 Å². The molecule has 0 aliphatic carbocycles. The van der Waals surface area contributed by atoms with E-state index in [1.54, 1.807) is 0 Å². The van der Waals surface area contributed by atoms with E-state index in [-0.39, 0.29) is 11.0 Å². The molecular weight excluding hydrogens is 749 g/mol. The Hall–Kier alpha value is -6.04. The first-order valence-electron chi connectivity index (χ1n) is 17.1. The lowest BCUT2D eigenvalue weighted by Gasteiger charge is -2.10. The molecule has 0 saturated carbocycles. The Kier molecular flexibility index (Phi) is 7.46. The van der Waals surface area contributed by atoms with E-state index in [1.807, 2.05) is 48.5 Å². The summed E-state index contributed by atoms with van der Waals surface area (Å²) in [5, 5.41) is 5.24. The summed E-state index contributed by atoms with van der Waals surface area (Å²) >= 11 is 2.64. The van der Waals surface area contributed by atoms with Crippen LogP contribution in [0.5, 0.6) is 0 Å². The van der Waals surface area contributed by atoms with Gasteiger partial charge in [-0.25, -0.2) is 9.97 Å². The summed E-state index contributed by atoms with van der Waals surface area (Å²) in [7, 11) is 0. The fourth-order valence-corrected chi connectivity index (χ4v) is 9.08. The Labute approximate surface area is 316 Å². The molecule has 0 unspecified atom stereocenters. The zero-order valence-corrected chi connectivity index (χ0v) is 29.8. The van der Waals surface area contributed by atoms with Crippen molar-refractivity contribution in [2.75, 3.05) is 0 Å². The van der Waals surface area contributed by atoms with Crippen LogP contribution in [0.1, 0.15) is 11.1 Å². The molecule has 0 aliphatic heterocycles.